The average molecular weight is 371 g/mol. The second-order valence-corrected chi connectivity index (χ2v) is 8.78. The highest BCUT2D eigenvalue weighted by atomic mass is 32.2. The summed E-state index contributed by atoms with van der Waals surface area (Å²) in [6, 6.07) is 11.2. The summed E-state index contributed by atoms with van der Waals surface area (Å²) in [6.45, 7) is 3.74. The number of likely N-dealkylation sites (tertiary alicyclic amines) is 1. The van der Waals surface area contributed by atoms with Crippen molar-refractivity contribution in [3.63, 3.8) is 0 Å². The first kappa shape index (κ1) is 17.6. The number of thioether (sulfide) groups is 1. The van der Waals surface area contributed by atoms with E-state index in [2.05, 4.69) is 45.1 Å². The van der Waals surface area contributed by atoms with Crippen LogP contribution in [0.15, 0.2) is 41.8 Å². The van der Waals surface area contributed by atoms with Crippen molar-refractivity contribution in [2.45, 2.75) is 55.5 Å². The minimum atomic E-state index is -0.109. The second kappa shape index (κ2) is 7.82. The van der Waals surface area contributed by atoms with Crippen molar-refractivity contribution < 1.29 is 4.79 Å². The standard InChI is InChI=1S/C20H26N4OS/c1-15(26-20-22-21-14-24(20)18-7-8-18)19(25)23-11-9-17(10-12-23)13-16-5-3-2-4-6-16/h2-6,14-15,17-18H,7-13H2,1H3. The SMILES string of the molecule is CC(Sc1nncn1C1CC1)C(=O)N1CCC(Cc2ccccc2)CC1. The van der Waals surface area contributed by atoms with E-state index in [0.717, 1.165) is 37.5 Å². The van der Waals surface area contributed by atoms with E-state index < -0.39 is 0 Å². The van der Waals surface area contributed by atoms with Crippen LogP contribution in [0, 0.1) is 5.92 Å². The molecule has 1 saturated heterocycles. The number of hydrogen-bond acceptors (Lipinski definition) is 4. The Kier molecular flexibility index (Phi) is 5.29. The van der Waals surface area contributed by atoms with Gasteiger partial charge >= 0.3 is 0 Å². The molecule has 26 heavy (non-hydrogen) atoms. The van der Waals surface area contributed by atoms with E-state index in [0.29, 0.717) is 12.0 Å². The smallest absolute Gasteiger partial charge is 0.235 e. The molecule has 1 atom stereocenters. The third-order valence-electron chi connectivity index (χ3n) is 5.40. The van der Waals surface area contributed by atoms with Gasteiger partial charge in [-0.1, -0.05) is 42.1 Å². The van der Waals surface area contributed by atoms with Crippen molar-refractivity contribution in [2.24, 2.45) is 5.92 Å². The van der Waals surface area contributed by atoms with Crippen LogP contribution >= 0.6 is 11.8 Å². The van der Waals surface area contributed by atoms with Crippen molar-refractivity contribution in [1.29, 1.82) is 0 Å². The van der Waals surface area contributed by atoms with Crippen molar-refractivity contribution in [2.75, 3.05) is 13.1 Å². The molecule has 2 aliphatic rings. The van der Waals surface area contributed by atoms with Crippen LogP contribution < -0.4 is 0 Å². The van der Waals surface area contributed by atoms with Crippen LogP contribution in [0.1, 0.15) is 44.2 Å². The topological polar surface area (TPSA) is 51.0 Å². The van der Waals surface area contributed by atoms with Crippen LogP contribution in [0.2, 0.25) is 0 Å². The van der Waals surface area contributed by atoms with Crippen LogP contribution in [0.3, 0.4) is 0 Å². The number of amides is 1. The summed E-state index contributed by atoms with van der Waals surface area (Å²) in [5, 5.41) is 9.01. The fourth-order valence-corrected chi connectivity index (χ4v) is 4.67. The fourth-order valence-electron chi connectivity index (χ4n) is 3.69. The van der Waals surface area contributed by atoms with E-state index >= 15 is 0 Å². The van der Waals surface area contributed by atoms with Gasteiger partial charge in [0.15, 0.2) is 5.16 Å². The zero-order chi connectivity index (χ0) is 17.9. The molecular formula is C20H26N4OS. The quantitative estimate of drug-likeness (QED) is 0.730. The van der Waals surface area contributed by atoms with Crippen LogP contribution in [0.25, 0.3) is 0 Å². The third kappa shape index (κ3) is 4.11. The van der Waals surface area contributed by atoms with E-state index in [1.807, 2.05) is 11.8 Å². The van der Waals surface area contributed by atoms with Crippen molar-refractivity contribution in [3.8, 4) is 0 Å². The minimum absolute atomic E-state index is 0.109. The molecule has 1 aromatic heterocycles. The van der Waals surface area contributed by atoms with Crippen LogP contribution in [0.4, 0.5) is 0 Å². The summed E-state index contributed by atoms with van der Waals surface area (Å²) in [5.41, 5.74) is 1.40. The van der Waals surface area contributed by atoms with E-state index in [-0.39, 0.29) is 11.2 Å². The lowest BCUT2D eigenvalue weighted by atomic mass is 9.90. The van der Waals surface area contributed by atoms with Gasteiger partial charge in [-0.05, 0) is 50.5 Å². The van der Waals surface area contributed by atoms with E-state index in [1.165, 1.54) is 18.4 Å². The molecule has 1 saturated carbocycles. The number of piperidine rings is 1. The molecule has 0 radical (unpaired) electrons. The first-order chi connectivity index (χ1) is 12.7. The molecule has 2 heterocycles. The number of aromatic nitrogens is 3. The maximum atomic E-state index is 12.8. The summed E-state index contributed by atoms with van der Waals surface area (Å²) >= 11 is 1.55. The average Bonchev–Trinajstić information content (AvgIpc) is 3.42. The number of rotatable bonds is 6. The van der Waals surface area contributed by atoms with Gasteiger partial charge in [0.05, 0.1) is 5.25 Å². The van der Waals surface area contributed by atoms with Gasteiger partial charge in [-0.15, -0.1) is 10.2 Å². The van der Waals surface area contributed by atoms with Crippen LogP contribution in [-0.2, 0) is 11.2 Å². The number of carbonyl (C=O) groups excluding carboxylic acids is 1. The molecule has 1 unspecified atom stereocenters. The maximum Gasteiger partial charge on any atom is 0.235 e. The number of nitrogens with zero attached hydrogens (tertiary/aromatic N) is 4. The van der Waals surface area contributed by atoms with Crippen molar-refractivity contribution >= 4 is 17.7 Å². The van der Waals surface area contributed by atoms with Crippen LogP contribution in [0.5, 0.6) is 0 Å². The van der Waals surface area contributed by atoms with Crippen molar-refractivity contribution in [3.05, 3.63) is 42.2 Å². The lowest BCUT2D eigenvalue weighted by Gasteiger charge is -2.33. The Morgan fingerprint density at radius 2 is 1.92 bits per heavy atom. The van der Waals surface area contributed by atoms with E-state index in [1.54, 1.807) is 18.1 Å². The second-order valence-electron chi connectivity index (χ2n) is 7.47. The summed E-state index contributed by atoms with van der Waals surface area (Å²) in [6.07, 6.45) is 7.50. The highest BCUT2D eigenvalue weighted by Crippen LogP contribution is 2.38. The highest BCUT2D eigenvalue weighted by Gasteiger charge is 2.30. The highest BCUT2D eigenvalue weighted by molar-refractivity contribution is 8.00. The lowest BCUT2D eigenvalue weighted by Crippen LogP contribution is -2.42. The maximum absolute atomic E-state index is 12.8. The third-order valence-corrected chi connectivity index (χ3v) is 6.46. The molecule has 1 aliphatic heterocycles. The molecule has 5 nitrogen and oxygen atoms in total. The Hall–Kier alpha value is -1.82. The molecule has 0 bridgehead atoms. The molecule has 4 rings (SSSR count). The zero-order valence-corrected chi connectivity index (χ0v) is 16.1. The molecule has 2 fully saturated rings. The number of hydrogen-bond donors (Lipinski definition) is 0. The van der Waals surface area contributed by atoms with Gasteiger partial charge in [-0.25, -0.2) is 0 Å². The first-order valence-corrected chi connectivity index (χ1v) is 10.5. The summed E-state index contributed by atoms with van der Waals surface area (Å²) in [5.74, 6) is 0.917. The Morgan fingerprint density at radius 3 is 2.62 bits per heavy atom. The van der Waals surface area contributed by atoms with Gasteiger partial charge in [0.2, 0.25) is 5.91 Å². The Labute approximate surface area is 159 Å². The lowest BCUT2D eigenvalue weighted by molar-refractivity contribution is -0.131. The monoisotopic (exact) mass is 370 g/mol. The number of benzene rings is 1. The molecule has 2 aromatic rings. The molecule has 0 spiro atoms. The first-order valence-electron chi connectivity index (χ1n) is 9.59. The van der Waals surface area contributed by atoms with E-state index in [4.69, 9.17) is 0 Å². The zero-order valence-electron chi connectivity index (χ0n) is 15.3. The summed E-state index contributed by atoms with van der Waals surface area (Å²) in [7, 11) is 0. The van der Waals surface area contributed by atoms with Crippen LogP contribution in [-0.4, -0.2) is 43.9 Å². The number of carbonyl (C=O) groups is 1. The summed E-state index contributed by atoms with van der Waals surface area (Å²) < 4.78 is 2.13. The molecule has 1 aromatic carbocycles. The summed E-state index contributed by atoms with van der Waals surface area (Å²) in [4.78, 5) is 14.9. The fraction of sp³-hybridized carbons (Fsp3) is 0.550. The molecule has 0 N–H and O–H groups in total. The largest absolute Gasteiger partial charge is 0.342 e. The Balaban J connectivity index is 1.28. The molecule has 1 aliphatic carbocycles. The normalized spacial score (nSPS) is 19.5. The van der Waals surface area contributed by atoms with Gasteiger partial charge in [0.25, 0.3) is 0 Å². The van der Waals surface area contributed by atoms with E-state index in [9.17, 15) is 4.79 Å². The predicted molar refractivity (Wildman–Crippen MR) is 103 cm³/mol. The Morgan fingerprint density at radius 1 is 1.19 bits per heavy atom. The molecular weight excluding hydrogens is 344 g/mol. The predicted octanol–water partition coefficient (Wildman–Crippen LogP) is 3.57. The molecule has 138 valence electrons. The van der Waals surface area contributed by atoms with Gasteiger partial charge in [-0.2, -0.15) is 0 Å². The van der Waals surface area contributed by atoms with Gasteiger partial charge in [-0.3, -0.25) is 4.79 Å². The van der Waals surface area contributed by atoms with Gasteiger partial charge < -0.3 is 9.47 Å². The van der Waals surface area contributed by atoms with Gasteiger partial charge in [0, 0.05) is 19.1 Å². The Bertz CT molecular complexity index is 735. The molecule has 6 heteroatoms. The molecule has 1 amide bonds. The van der Waals surface area contributed by atoms with Crippen molar-refractivity contribution in [1.82, 2.24) is 19.7 Å². The minimum Gasteiger partial charge on any atom is -0.342 e. The van der Waals surface area contributed by atoms with Gasteiger partial charge in [0.1, 0.15) is 6.33 Å².